The standard InChI is InChI=1S/C20H26N4O3/c1-12-3-5-13(6-4-12)20(2)18(26)24(19(27)23-20)11-17(25)22-16-9-14-7-8-15(10-16)21-14/h3-6,14-16,21H,7-11H2,1-2H3,(H,22,25)(H,23,27). The van der Waals surface area contributed by atoms with E-state index in [1.807, 2.05) is 31.2 Å². The first-order valence-corrected chi connectivity index (χ1v) is 9.62. The summed E-state index contributed by atoms with van der Waals surface area (Å²) in [5, 5.41) is 9.29. The number of imide groups is 1. The van der Waals surface area contributed by atoms with Gasteiger partial charge >= 0.3 is 6.03 Å². The fourth-order valence-electron chi connectivity index (χ4n) is 4.52. The normalized spacial score (nSPS) is 32.5. The fourth-order valence-corrected chi connectivity index (χ4v) is 4.52. The van der Waals surface area contributed by atoms with Crippen LogP contribution in [-0.2, 0) is 15.1 Å². The van der Waals surface area contributed by atoms with Crippen molar-refractivity contribution >= 4 is 17.8 Å². The van der Waals surface area contributed by atoms with Crippen LogP contribution in [0, 0.1) is 6.92 Å². The molecule has 4 rings (SSSR count). The van der Waals surface area contributed by atoms with Crippen molar-refractivity contribution in [3.8, 4) is 0 Å². The molecule has 3 N–H and O–H groups in total. The van der Waals surface area contributed by atoms with Crippen LogP contribution in [0.4, 0.5) is 4.79 Å². The summed E-state index contributed by atoms with van der Waals surface area (Å²) < 4.78 is 0. The van der Waals surface area contributed by atoms with E-state index in [0.29, 0.717) is 17.6 Å². The molecule has 3 aliphatic heterocycles. The Morgan fingerprint density at radius 3 is 2.44 bits per heavy atom. The van der Waals surface area contributed by atoms with Crippen LogP contribution in [-0.4, -0.2) is 47.4 Å². The molecule has 144 valence electrons. The van der Waals surface area contributed by atoms with E-state index >= 15 is 0 Å². The van der Waals surface area contributed by atoms with Gasteiger partial charge in [-0.2, -0.15) is 0 Å². The van der Waals surface area contributed by atoms with Gasteiger partial charge in [0.2, 0.25) is 5.91 Å². The van der Waals surface area contributed by atoms with Crippen LogP contribution in [0.15, 0.2) is 24.3 Å². The smallest absolute Gasteiger partial charge is 0.325 e. The molecule has 7 nitrogen and oxygen atoms in total. The summed E-state index contributed by atoms with van der Waals surface area (Å²) in [6.45, 7) is 3.40. The zero-order valence-electron chi connectivity index (χ0n) is 15.7. The van der Waals surface area contributed by atoms with Gasteiger partial charge < -0.3 is 16.0 Å². The van der Waals surface area contributed by atoms with Crippen molar-refractivity contribution in [3.63, 3.8) is 0 Å². The van der Waals surface area contributed by atoms with Gasteiger partial charge in [-0.05, 0) is 45.1 Å². The van der Waals surface area contributed by atoms with E-state index in [4.69, 9.17) is 0 Å². The summed E-state index contributed by atoms with van der Waals surface area (Å²) in [5.74, 6) is -0.671. The number of carbonyl (C=O) groups is 3. The van der Waals surface area contributed by atoms with Crippen molar-refractivity contribution in [2.24, 2.45) is 0 Å². The first kappa shape index (κ1) is 18.0. The molecular formula is C20H26N4O3. The Hall–Kier alpha value is -2.41. The molecule has 1 aromatic carbocycles. The number of fused-ring (bicyclic) bond motifs is 2. The molecule has 3 saturated heterocycles. The molecule has 3 aliphatic rings. The van der Waals surface area contributed by atoms with E-state index in [2.05, 4.69) is 16.0 Å². The maximum atomic E-state index is 12.9. The summed E-state index contributed by atoms with van der Waals surface area (Å²) in [5.41, 5.74) is 0.648. The van der Waals surface area contributed by atoms with Crippen LogP contribution in [0.3, 0.4) is 0 Å². The van der Waals surface area contributed by atoms with E-state index in [9.17, 15) is 14.4 Å². The first-order valence-electron chi connectivity index (χ1n) is 9.62. The number of benzene rings is 1. The van der Waals surface area contributed by atoms with Crippen LogP contribution in [0.25, 0.3) is 0 Å². The van der Waals surface area contributed by atoms with Gasteiger partial charge in [0.05, 0.1) is 0 Å². The van der Waals surface area contributed by atoms with Crippen LogP contribution in [0.5, 0.6) is 0 Å². The van der Waals surface area contributed by atoms with Gasteiger partial charge in [-0.3, -0.25) is 14.5 Å². The maximum Gasteiger partial charge on any atom is 0.325 e. The second kappa shape index (κ2) is 6.64. The Kier molecular flexibility index (Phi) is 4.42. The van der Waals surface area contributed by atoms with Gasteiger partial charge in [0.25, 0.3) is 5.91 Å². The van der Waals surface area contributed by atoms with Crippen LogP contribution in [0.2, 0.25) is 0 Å². The van der Waals surface area contributed by atoms with Gasteiger partial charge in [0.15, 0.2) is 0 Å². The van der Waals surface area contributed by atoms with Gasteiger partial charge in [-0.25, -0.2) is 4.79 Å². The summed E-state index contributed by atoms with van der Waals surface area (Å²) in [6.07, 6.45) is 4.12. The molecule has 3 atom stereocenters. The van der Waals surface area contributed by atoms with Gasteiger partial charge in [0, 0.05) is 18.1 Å². The number of amides is 4. The molecule has 0 aromatic heterocycles. The molecule has 3 fully saturated rings. The Bertz CT molecular complexity index is 766. The van der Waals surface area contributed by atoms with Crippen molar-refractivity contribution in [1.82, 2.24) is 20.9 Å². The van der Waals surface area contributed by atoms with Gasteiger partial charge in [0.1, 0.15) is 12.1 Å². The third-order valence-electron chi connectivity index (χ3n) is 6.04. The Morgan fingerprint density at radius 1 is 1.19 bits per heavy atom. The van der Waals surface area contributed by atoms with Crippen molar-refractivity contribution < 1.29 is 14.4 Å². The Morgan fingerprint density at radius 2 is 1.81 bits per heavy atom. The number of piperidine rings is 1. The number of hydrogen-bond acceptors (Lipinski definition) is 4. The molecule has 0 saturated carbocycles. The Labute approximate surface area is 158 Å². The minimum absolute atomic E-state index is 0.112. The SMILES string of the molecule is Cc1ccc(C2(C)NC(=O)N(CC(=O)NC3CC4CCC(C3)N4)C2=O)cc1. The summed E-state index contributed by atoms with van der Waals surface area (Å²) >= 11 is 0. The number of carbonyl (C=O) groups excluding carboxylic acids is 3. The molecule has 0 aliphatic carbocycles. The third kappa shape index (κ3) is 3.32. The average molecular weight is 370 g/mol. The van der Waals surface area contributed by atoms with Crippen molar-refractivity contribution in [1.29, 1.82) is 0 Å². The van der Waals surface area contributed by atoms with Crippen molar-refractivity contribution in [3.05, 3.63) is 35.4 Å². The van der Waals surface area contributed by atoms with Gasteiger partial charge in [-0.1, -0.05) is 29.8 Å². The number of aryl methyl sites for hydroxylation is 1. The first-order chi connectivity index (χ1) is 12.8. The lowest BCUT2D eigenvalue weighted by molar-refractivity contribution is -0.135. The number of nitrogens with one attached hydrogen (secondary N) is 3. The highest BCUT2D eigenvalue weighted by Gasteiger charge is 2.49. The van der Waals surface area contributed by atoms with Crippen LogP contribution < -0.4 is 16.0 Å². The molecule has 7 heteroatoms. The third-order valence-corrected chi connectivity index (χ3v) is 6.04. The predicted molar refractivity (Wildman–Crippen MR) is 99.9 cm³/mol. The van der Waals surface area contributed by atoms with E-state index in [-0.39, 0.29) is 18.5 Å². The average Bonchev–Trinajstić information content (AvgIpc) is 3.07. The summed E-state index contributed by atoms with van der Waals surface area (Å²) in [7, 11) is 0. The maximum absolute atomic E-state index is 12.9. The quantitative estimate of drug-likeness (QED) is 0.694. The number of urea groups is 1. The van der Waals surface area contributed by atoms with E-state index < -0.39 is 17.5 Å². The second-order valence-electron chi connectivity index (χ2n) is 8.19. The van der Waals surface area contributed by atoms with Crippen LogP contribution >= 0.6 is 0 Å². The molecule has 2 bridgehead atoms. The summed E-state index contributed by atoms with van der Waals surface area (Å²) in [6, 6.07) is 8.00. The van der Waals surface area contributed by atoms with E-state index in [0.717, 1.165) is 36.1 Å². The highest BCUT2D eigenvalue weighted by molar-refractivity contribution is 6.09. The van der Waals surface area contributed by atoms with E-state index in [1.54, 1.807) is 6.92 Å². The minimum atomic E-state index is -1.14. The molecule has 0 radical (unpaired) electrons. The summed E-state index contributed by atoms with van der Waals surface area (Å²) in [4.78, 5) is 38.8. The second-order valence-corrected chi connectivity index (χ2v) is 8.19. The lowest BCUT2D eigenvalue weighted by atomic mass is 9.91. The highest BCUT2D eigenvalue weighted by Crippen LogP contribution is 2.29. The highest BCUT2D eigenvalue weighted by atomic mass is 16.2. The lowest BCUT2D eigenvalue weighted by Crippen LogP contribution is -2.50. The van der Waals surface area contributed by atoms with Crippen molar-refractivity contribution in [2.75, 3.05) is 6.54 Å². The molecule has 0 spiro atoms. The predicted octanol–water partition coefficient (Wildman–Crippen LogP) is 1.16. The topological polar surface area (TPSA) is 90.5 Å². The minimum Gasteiger partial charge on any atom is -0.352 e. The number of nitrogens with zero attached hydrogens (tertiary/aromatic N) is 1. The zero-order chi connectivity index (χ0) is 19.2. The molecule has 4 amide bonds. The Balaban J connectivity index is 1.41. The van der Waals surface area contributed by atoms with Crippen molar-refractivity contribution in [2.45, 2.75) is 63.2 Å². The molecule has 3 unspecified atom stereocenters. The van der Waals surface area contributed by atoms with E-state index in [1.165, 1.54) is 0 Å². The molecular weight excluding hydrogens is 344 g/mol. The monoisotopic (exact) mass is 370 g/mol. The molecule has 3 heterocycles. The lowest BCUT2D eigenvalue weighted by Gasteiger charge is -2.30. The largest absolute Gasteiger partial charge is 0.352 e. The zero-order valence-corrected chi connectivity index (χ0v) is 15.7. The molecule has 27 heavy (non-hydrogen) atoms. The van der Waals surface area contributed by atoms with Gasteiger partial charge in [-0.15, -0.1) is 0 Å². The molecule has 1 aromatic rings. The number of rotatable bonds is 4. The fraction of sp³-hybridized carbons (Fsp3) is 0.550. The number of hydrogen-bond donors (Lipinski definition) is 3. The van der Waals surface area contributed by atoms with Crippen LogP contribution in [0.1, 0.15) is 43.7 Å².